The number of hydrogen-bond acceptors (Lipinski definition) is 4. The Balaban J connectivity index is 1.18. The topological polar surface area (TPSA) is 36.7 Å². The second-order valence-electron chi connectivity index (χ2n) is 23.4. The number of aryl methyl sites for hydroxylation is 1. The molecule has 7 aromatic carbocycles. The van der Waals surface area contributed by atoms with Crippen molar-refractivity contribution in [2.75, 3.05) is 16.3 Å². The Bertz CT molecular complexity index is 3500. The van der Waals surface area contributed by atoms with Crippen LogP contribution in [0.25, 0.3) is 27.6 Å². The smallest absolute Gasteiger partial charge is 0.137 e. The van der Waals surface area contributed by atoms with Crippen LogP contribution in [0.4, 0.5) is 22.7 Å². The van der Waals surface area contributed by atoms with Gasteiger partial charge in [0.1, 0.15) is 11.7 Å². The highest BCUT2D eigenvalue weighted by Gasteiger charge is 2.40. The summed E-state index contributed by atoms with van der Waals surface area (Å²) in [5.41, 5.74) is 19.6. The predicted octanol–water partition coefficient (Wildman–Crippen LogP) is 17.7. The number of benzene rings is 7. The van der Waals surface area contributed by atoms with Crippen LogP contribution in [0.2, 0.25) is 0 Å². The lowest BCUT2D eigenvalue weighted by atomic mass is 9.73. The van der Waals surface area contributed by atoms with Gasteiger partial charge in [-0.05, 0) is 135 Å². The lowest BCUT2D eigenvalue weighted by Gasteiger charge is -2.42. The van der Waals surface area contributed by atoms with Crippen LogP contribution in [0.1, 0.15) is 155 Å². The van der Waals surface area contributed by atoms with Crippen molar-refractivity contribution >= 4 is 50.4 Å². The maximum Gasteiger partial charge on any atom is 0.137 e. The summed E-state index contributed by atoms with van der Waals surface area (Å²) in [6.07, 6.45) is 1.98. The summed E-state index contributed by atoms with van der Waals surface area (Å²) in [6.45, 7) is 28.6. The fourth-order valence-electron chi connectivity index (χ4n) is 12.0. The first-order valence-electron chi connectivity index (χ1n) is 26.7. The van der Waals surface area contributed by atoms with Gasteiger partial charge >= 0.3 is 0 Å². The third kappa shape index (κ3) is 8.35. The van der Waals surface area contributed by atoms with Gasteiger partial charge in [-0.1, -0.05) is 185 Å². The van der Waals surface area contributed by atoms with Crippen LogP contribution in [-0.2, 0) is 10.8 Å². The van der Waals surface area contributed by atoms with Gasteiger partial charge in [-0.2, -0.15) is 0 Å². The molecule has 2 aliphatic heterocycles. The standard InChI is InChI=1S/C68H71N5/c1-42(2)48-35-49(66-70-58(64(46-22-15-13-16-23-46)47-24-17-14-18-25-47)41-71(66)65-52(43(3)4)26-21-27-53(65)44(5)6)37-51(36-48)72-60-29-20-19-28-56(60)68(11,12)57-39-55-54-34-45(7)30-31-59(54)73(61(55)40-62(57)72)63-38-50(32-33-69-63)67(8,9)10/h13-40,42-44,58,64H,41H2,1-12H3/t58-/m0/s1. The lowest BCUT2D eigenvalue weighted by Crippen LogP contribution is -2.34. The number of anilines is 4. The first-order chi connectivity index (χ1) is 35.0. The van der Waals surface area contributed by atoms with Gasteiger partial charge < -0.3 is 9.80 Å². The quantitative estimate of drug-likeness (QED) is 0.137. The number of aliphatic imine (C=N–C) groups is 1. The van der Waals surface area contributed by atoms with E-state index < -0.39 is 0 Å². The molecule has 0 fully saturated rings. The highest BCUT2D eigenvalue weighted by Crippen LogP contribution is 2.54. The van der Waals surface area contributed by atoms with Crippen LogP contribution >= 0.6 is 0 Å². The van der Waals surface area contributed by atoms with Crippen molar-refractivity contribution < 1.29 is 0 Å². The molecule has 2 aromatic heterocycles. The van der Waals surface area contributed by atoms with Gasteiger partial charge in [0.05, 0.1) is 28.5 Å². The van der Waals surface area contributed by atoms with Crippen LogP contribution in [0, 0.1) is 6.92 Å². The number of pyridine rings is 1. The molecule has 2 aliphatic rings. The molecule has 4 heterocycles. The molecule has 0 amide bonds. The number of fused-ring (bicyclic) bond motifs is 5. The molecule has 0 N–H and O–H groups in total. The monoisotopic (exact) mass is 958 g/mol. The first kappa shape index (κ1) is 48.1. The van der Waals surface area contributed by atoms with E-state index in [2.05, 4.69) is 261 Å². The molecule has 1 atom stereocenters. The molecular weight excluding hydrogens is 887 g/mol. The number of para-hydroxylation sites is 2. The molecule has 0 bridgehead atoms. The SMILES string of the molecule is Cc1ccc2c(c1)c1cc3c(cc1n2-c1cc(C(C)(C)C)ccn1)N(c1cc(C2=N[C@H](C(c4ccccc4)c4ccccc4)CN2c2c(C(C)C)cccc2C(C)C)cc(C(C)C)c1)c1ccccc1C3(C)C. The Hall–Kier alpha value is -7.24. The van der Waals surface area contributed by atoms with E-state index >= 15 is 0 Å². The van der Waals surface area contributed by atoms with Crippen molar-refractivity contribution in [2.45, 2.75) is 124 Å². The van der Waals surface area contributed by atoms with Gasteiger partial charge in [0.15, 0.2) is 0 Å². The largest absolute Gasteiger partial charge is 0.323 e. The molecule has 9 aromatic rings. The summed E-state index contributed by atoms with van der Waals surface area (Å²) in [5, 5.41) is 2.48. The summed E-state index contributed by atoms with van der Waals surface area (Å²) in [4.78, 5) is 16.3. The second-order valence-corrected chi connectivity index (χ2v) is 23.4. The zero-order valence-corrected chi connectivity index (χ0v) is 45.0. The van der Waals surface area contributed by atoms with Crippen LogP contribution < -0.4 is 9.80 Å². The van der Waals surface area contributed by atoms with Gasteiger partial charge in [-0.15, -0.1) is 0 Å². The molecule has 0 saturated heterocycles. The molecule has 5 heteroatoms. The minimum atomic E-state index is -0.297. The molecule has 0 unspecified atom stereocenters. The molecule has 11 rings (SSSR count). The van der Waals surface area contributed by atoms with E-state index in [1.807, 2.05) is 6.20 Å². The number of aromatic nitrogens is 2. The van der Waals surface area contributed by atoms with E-state index in [1.165, 1.54) is 77.9 Å². The molecule has 0 spiro atoms. The minimum Gasteiger partial charge on any atom is -0.323 e. The van der Waals surface area contributed by atoms with E-state index in [9.17, 15) is 0 Å². The van der Waals surface area contributed by atoms with Crippen LogP contribution in [0.5, 0.6) is 0 Å². The van der Waals surface area contributed by atoms with E-state index in [-0.39, 0.29) is 28.7 Å². The molecule has 0 radical (unpaired) electrons. The van der Waals surface area contributed by atoms with Crippen LogP contribution in [0.3, 0.4) is 0 Å². The fourth-order valence-corrected chi connectivity index (χ4v) is 12.0. The number of hydrogen-bond donors (Lipinski definition) is 0. The Morgan fingerprint density at radius 1 is 0.575 bits per heavy atom. The van der Waals surface area contributed by atoms with E-state index in [0.717, 1.165) is 40.5 Å². The van der Waals surface area contributed by atoms with Gasteiger partial charge in [-0.25, -0.2) is 4.98 Å². The van der Waals surface area contributed by atoms with E-state index in [4.69, 9.17) is 9.98 Å². The van der Waals surface area contributed by atoms with Crippen molar-refractivity contribution in [3.63, 3.8) is 0 Å². The average Bonchev–Trinajstić information content (AvgIpc) is 3.96. The number of rotatable bonds is 10. The molecule has 5 nitrogen and oxygen atoms in total. The van der Waals surface area contributed by atoms with Gasteiger partial charge in [0.2, 0.25) is 0 Å². The van der Waals surface area contributed by atoms with Crippen LogP contribution in [0.15, 0.2) is 175 Å². The highest BCUT2D eigenvalue weighted by molar-refractivity contribution is 6.14. The van der Waals surface area contributed by atoms with Gasteiger partial charge in [0, 0.05) is 51.8 Å². The Morgan fingerprint density at radius 3 is 1.86 bits per heavy atom. The second kappa shape index (κ2) is 18.4. The maximum atomic E-state index is 6.02. The summed E-state index contributed by atoms with van der Waals surface area (Å²) in [6, 6.07) is 61.7. The molecule has 0 saturated carbocycles. The van der Waals surface area contributed by atoms with Gasteiger partial charge in [0.25, 0.3) is 0 Å². The third-order valence-electron chi connectivity index (χ3n) is 16.0. The zero-order chi connectivity index (χ0) is 51.1. The van der Waals surface area contributed by atoms with Crippen molar-refractivity contribution in [3.05, 3.63) is 226 Å². The molecule has 73 heavy (non-hydrogen) atoms. The number of nitrogens with zero attached hydrogens (tertiary/aromatic N) is 5. The number of amidine groups is 1. The average molecular weight is 958 g/mol. The van der Waals surface area contributed by atoms with Crippen molar-refractivity contribution in [1.82, 2.24) is 9.55 Å². The summed E-state index contributed by atoms with van der Waals surface area (Å²) in [5.74, 6) is 2.91. The Morgan fingerprint density at radius 2 is 1.22 bits per heavy atom. The van der Waals surface area contributed by atoms with E-state index in [0.29, 0.717) is 11.8 Å². The highest BCUT2D eigenvalue weighted by atomic mass is 15.3. The Kier molecular flexibility index (Phi) is 12.1. The Labute approximate surface area is 434 Å². The van der Waals surface area contributed by atoms with Gasteiger partial charge in [-0.3, -0.25) is 9.56 Å². The third-order valence-corrected chi connectivity index (χ3v) is 16.0. The minimum absolute atomic E-state index is 0.0354. The fraction of sp³-hybridized carbons (Fsp3) is 0.294. The maximum absolute atomic E-state index is 6.02. The van der Waals surface area contributed by atoms with E-state index in [1.54, 1.807) is 0 Å². The summed E-state index contributed by atoms with van der Waals surface area (Å²) < 4.78 is 2.40. The first-order valence-corrected chi connectivity index (χ1v) is 26.7. The molecule has 368 valence electrons. The molecular formula is C68H71N5. The van der Waals surface area contributed by atoms with Crippen molar-refractivity contribution in [1.29, 1.82) is 0 Å². The zero-order valence-electron chi connectivity index (χ0n) is 45.0. The summed E-state index contributed by atoms with van der Waals surface area (Å²) >= 11 is 0. The predicted molar refractivity (Wildman–Crippen MR) is 310 cm³/mol. The van der Waals surface area contributed by atoms with Crippen molar-refractivity contribution in [2.24, 2.45) is 4.99 Å². The van der Waals surface area contributed by atoms with Crippen molar-refractivity contribution in [3.8, 4) is 5.82 Å². The normalized spacial score (nSPS) is 15.6. The van der Waals surface area contributed by atoms with Crippen LogP contribution in [-0.4, -0.2) is 28.0 Å². The lowest BCUT2D eigenvalue weighted by molar-refractivity contribution is 0.588. The molecule has 0 aliphatic carbocycles. The summed E-state index contributed by atoms with van der Waals surface area (Å²) in [7, 11) is 0.